The summed E-state index contributed by atoms with van der Waals surface area (Å²) >= 11 is 7.83. The van der Waals surface area contributed by atoms with Crippen molar-refractivity contribution in [2.24, 2.45) is 5.41 Å². The fourth-order valence-electron chi connectivity index (χ4n) is 3.76. The van der Waals surface area contributed by atoms with Crippen LogP contribution >= 0.6 is 23.4 Å². The molecule has 0 amide bonds. The molecule has 1 N–H and O–H groups in total. The predicted octanol–water partition coefficient (Wildman–Crippen LogP) is 4.70. The quantitative estimate of drug-likeness (QED) is 0.772. The maximum Gasteiger partial charge on any atom is 0.227 e. The summed E-state index contributed by atoms with van der Waals surface area (Å²) in [6.07, 6.45) is 1.35. The van der Waals surface area contributed by atoms with Crippen LogP contribution in [0.5, 0.6) is 0 Å². The Kier molecular flexibility index (Phi) is 4.35. The summed E-state index contributed by atoms with van der Waals surface area (Å²) < 4.78 is 1.83. The zero-order chi connectivity index (χ0) is 18.5. The minimum Gasteiger partial charge on any atom is -0.328 e. The first-order valence-corrected chi connectivity index (χ1v) is 10.1. The van der Waals surface area contributed by atoms with Gasteiger partial charge in [0.25, 0.3) is 0 Å². The van der Waals surface area contributed by atoms with Crippen molar-refractivity contribution >= 4 is 35.1 Å². The van der Waals surface area contributed by atoms with Crippen LogP contribution in [0.25, 0.3) is 0 Å². The number of halogens is 1. The van der Waals surface area contributed by atoms with Crippen molar-refractivity contribution in [1.82, 2.24) is 14.8 Å². The second kappa shape index (κ2) is 6.43. The largest absolute Gasteiger partial charge is 0.328 e. The Bertz CT molecular complexity index is 918. The van der Waals surface area contributed by atoms with Gasteiger partial charge in [0, 0.05) is 22.7 Å². The molecular weight excluding hydrogens is 368 g/mol. The summed E-state index contributed by atoms with van der Waals surface area (Å²) in [5.41, 5.74) is 2.64. The Balaban J connectivity index is 1.89. The number of nitrogens with zero attached hydrogens (tertiary/aromatic N) is 3. The van der Waals surface area contributed by atoms with E-state index in [1.54, 1.807) is 11.8 Å². The topological polar surface area (TPSA) is 59.8 Å². The van der Waals surface area contributed by atoms with Gasteiger partial charge in [-0.3, -0.25) is 4.79 Å². The lowest BCUT2D eigenvalue weighted by molar-refractivity contribution is -0.118. The first kappa shape index (κ1) is 17.6. The second-order valence-corrected chi connectivity index (χ2v) is 9.18. The molecule has 0 radical (unpaired) electrons. The number of allylic oxidation sites excluding steroid dienone is 2. The smallest absolute Gasteiger partial charge is 0.227 e. The molecule has 2 heterocycles. The van der Waals surface area contributed by atoms with Crippen molar-refractivity contribution in [1.29, 1.82) is 0 Å². The van der Waals surface area contributed by atoms with E-state index in [4.69, 9.17) is 11.6 Å². The number of carbonyl (C=O) groups is 1. The molecule has 1 aliphatic carbocycles. The van der Waals surface area contributed by atoms with E-state index in [0.29, 0.717) is 22.5 Å². The third kappa shape index (κ3) is 3.05. The first-order valence-electron chi connectivity index (χ1n) is 8.76. The van der Waals surface area contributed by atoms with Gasteiger partial charge in [0.15, 0.2) is 5.78 Å². The van der Waals surface area contributed by atoms with Crippen LogP contribution in [-0.4, -0.2) is 26.3 Å². The Hall–Kier alpha value is -1.79. The first-order chi connectivity index (χ1) is 12.4. The number of carbonyl (C=O) groups excluding carboxylic acids is 1. The number of fused-ring (bicyclic) bond motifs is 1. The van der Waals surface area contributed by atoms with Crippen LogP contribution in [0, 0.1) is 5.41 Å². The number of anilines is 1. The van der Waals surface area contributed by atoms with Crippen LogP contribution in [0.2, 0.25) is 5.02 Å². The average Bonchev–Trinajstić information content (AvgIpc) is 2.94. The van der Waals surface area contributed by atoms with Crippen LogP contribution < -0.4 is 5.32 Å². The monoisotopic (exact) mass is 388 g/mol. The molecule has 2 aliphatic rings. The lowest BCUT2D eigenvalue weighted by Crippen LogP contribution is -2.36. The van der Waals surface area contributed by atoms with Gasteiger partial charge in [-0.15, -0.1) is 5.10 Å². The maximum absolute atomic E-state index is 13.1. The normalized spacial score (nSPS) is 21.2. The summed E-state index contributed by atoms with van der Waals surface area (Å²) in [5, 5.41) is 9.41. The summed E-state index contributed by atoms with van der Waals surface area (Å²) in [4.78, 5) is 17.7. The van der Waals surface area contributed by atoms with Gasteiger partial charge in [0.2, 0.25) is 11.1 Å². The molecule has 7 heteroatoms. The van der Waals surface area contributed by atoms with Crippen LogP contribution in [0.4, 0.5) is 5.95 Å². The number of nitrogens with one attached hydrogen (secondary N) is 1. The molecule has 136 valence electrons. The standard InChI is InChI=1S/C19H21ClN4OS/c1-4-26-18-22-17-21-13-9-19(2,3)10-14(25)15(13)16(24(17)23-18)11-6-5-7-12(20)8-11/h5-8,16H,4,9-10H2,1-3H3,(H,21,22,23). The van der Waals surface area contributed by atoms with E-state index in [9.17, 15) is 4.79 Å². The van der Waals surface area contributed by atoms with Gasteiger partial charge >= 0.3 is 0 Å². The second-order valence-electron chi connectivity index (χ2n) is 7.51. The molecule has 1 unspecified atom stereocenters. The van der Waals surface area contributed by atoms with Gasteiger partial charge in [0.1, 0.15) is 6.04 Å². The van der Waals surface area contributed by atoms with Crippen LogP contribution in [0.3, 0.4) is 0 Å². The number of hydrogen-bond donors (Lipinski definition) is 1. The number of ketones is 1. The molecule has 1 aromatic heterocycles. The van der Waals surface area contributed by atoms with Crippen LogP contribution in [0.1, 0.15) is 45.2 Å². The van der Waals surface area contributed by atoms with E-state index < -0.39 is 0 Å². The Morgan fingerprint density at radius 3 is 2.92 bits per heavy atom. The molecule has 0 saturated carbocycles. The molecule has 1 aliphatic heterocycles. The van der Waals surface area contributed by atoms with Gasteiger partial charge in [-0.25, -0.2) is 4.68 Å². The highest BCUT2D eigenvalue weighted by Gasteiger charge is 2.41. The molecule has 0 saturated heterocycles. The van der Waals surface area contributed by atoms with Crippen molar-refractivity contribution in [2.75, 3.05) is 11.1 Å². The van der Waals surface area contributed by atoms with E-state index in [2.05, 4.69) is 36.2 Å². The van der Waals surface area contributed by atoms with E-state index >= 15 is 0 Å². The molecule has 4 rings (SSSR count). The Morgan fingerprint density at radius 2 is 2.19 bits per heavy atom. The van der Waals surface area contributed by atoms with Crippen LogP contribution in [-0.2, 0) is 4.79 Å². The molecule has 1 aromatic carbocycles. The van der Waals surface area contributed by atoms with Gasteiger partial charge in [0.05, 0.1) is 0 Å². The predicted molar refractivity (Wildman–Crippen MR) is 105 cm³/mol. The molecule has 5 nitrogen and oxygen atoms in total. The highest BCUT2D eigenvalue weighted by molar-refractivity contribution is 7.99. The van der Waals surface area contributed by atoms with Crippen molar-refractivity contribution in [3.05, 3.63) is 46.1 Å². The third-order valence-electron chi connectivity index (χ3n) is 4.75. The summed E-state index contributed by atoms with van der Waals surface area (Å²) in [5.74, 6) is 1.75. The van der Waals surface area contributed by atoms with Gasteiger partial charge < -0.3 is 5.32 Å². The SMILES string of the molecule is CCSc1nc2n(n1)C(c1cccc(Cl)c1)C1=C(CC(C)(C)CC1=O)N2. The lowest BCUT2D eigenvalue weighted by Gasteiger charge is -2.38. The molecule has 1 atom stereocenters. The van der Waals surface area contributed by atoms with Crippen molar-refractivity contribution in [3.63, 3.8) is 0 Å². The highest BCUT2D eigenvalue weighted by Crippen LogP contribution is 2.45. The van der Waals surface area contributed by atoms with Crippen molar-refractivity contribution < 1.29 is 4.79 Å². The Morgan fingerprint density at radius 1 is 1.38 bits per heavy atom. The van der Waals surface area contributed by atoms with Gasteiger partial charge in [-0.05, 0) is 35.3 Å². The number of rotatable bonds is 3. The fourth-order valence-corrected chi connectivity index (χ4v) is 4.52. The van der Waals surface area contributed by atoms with Gasteiger partial charge in [-0.2, -0.15) is 4.98 Å². The minimum absolute atomic E-state index is 0.0645. The summed E-state index contributed by atoms with van der Waals surface area (Å²) in [6, 6.07) is 7.37. The number of thioether (sulfide) groups is 1. The number of Topliss-reactive ketones (excluding diaryl/α,β-unsaturated/α-hetero) is 1. The highest BCUT2D eigenvalue weighted by atomic mass is 35.5. The molecule has 26 heavy (non-hydrogen) atoms. The minimum atomic E-state index is -0.290. The van der Waals surface area contributed by atoms with E-state index in [-0.39, 0.29) is 17.2 Å². The average molecular weight is 389 g/mol. The third-order valence-corrected chi connectivity index (χ3v) is 5.71. The number of hydrogen-bond acceptors (Lipinski definition) is 5. The summed E-state index contributed by atoms with van der Waals surface area (Å²) in [6.45, 7) is 6.33. The number of benzene rings is 1. The fraction of sp³-hybridized carbons (Fsp3) is 0.421. The zero-order valence-corrected chi connectivity index (χ0v) is 16.6. The van der Waals surface area contributed by atoms with Crippen LogP contribution in [0.15, 0.2) is 40.7 Å². The van der Waals surface area contributed by atoms with Crippen molar-refractivity contribution in [3.8, 4) is 0 Å². The molecular formula is C19H21ClN4OS. The van der Waals surface area contributed by atoms with E-state index in [1.807, 2.05) is 28.9 Å². The van der Waals surface area contributed by atoms with Gasteiger partial charge in [-0.1, -0.05) is 56.3 Å². The molecule has 0 bridgehead atoms. The van der Waals surface area contributed by atoms with E-state index in [0.717, 1.165) is 29.0 Å². The molecule has 0 spiro atoms. The lowest BCUT2D eigenvalue weighted by atomic mass is 9.73. The number of aromatic nitrogens is 3. The molecule has 0 fully saturated rings. The maximum atomic E-state index is 13.1. The summed E-state index contributed by atoms with van der Waals surface area (Å²) in [7, 11) is 0. The Labute approximate surface area is 162 Å². The van der Waals surface area contributed by atoms with E-state index in [1.165, 1.54) is 0 Å². The zero-order valence-electron chi connectivity index (χ0n) is 15.0. The molecule has 2 aromatic rings. The van der Waals surface area contributed by atoms with Crippen molar-refractivity contribution in [2.45, 2.75) is 44.8 Å².